The average molecular weight is 477 g/mol. The first-order chi connectivity index (χ1) is 16.3. The zero-order valence-electron chi connectivity index (χ0n) is 18.4. The zero-order chi connectivity index (χ0) is 24.0. The first-order valence-corrected chi connectivity index (χ1v) is 11.4. The quantitative estimate of drug-likeness (QED) is 0.445. The highest BCUT2D eigenvalue weighted by molar-refractivity contribution is 7.08. The van der Waals surface area contributed by atoms with Crippen LogP contribution in [0.15, 0.2) is 41.7 Å². The predicted octanol–water partition coefficient (Wildman–Crippen LogP) is 2.20. The number of pyridine rings is 3. The van der Waals surface area contributed by atoms with E-state index in [1.165, 1.54) is 17.1 Å². The molecule has 0 saturated carbocycles. The van der Waals surface area contributed by atoms with Gasteiger partial charge in [-0.1, -0.05) is 0 Å². The Labute approximate surface area is 197 Å². The first kappa shape index (κ1) is 21.8. The second kappa shape index (κ2) is 8.41. The van der Waals surface area contributed by atoms with Gasteiger partial charge in [0.15, 0.2) is 5.65 Å². The van der Waals surface area contributed by atoms with Crippen LogP contribution in [-0.4, -0.2) is 53.8 Å². The molecular formula is C23H20N6O4S. The SMILES string of the molecule is Cc1ccnc(CC(=O)C2CN(c3cc(C)c4c(=O)c(C(=O)O)cn(-c5ncns5)c4n3)C2)c1. The van der Waals surface area contributed by atoms with Gasteiger partial charge in [0, 0.05) is 49.1 Å². The average Bonchev–Trinajstić information content (AvgIpc) is 3.27. The van der Waals surface area contributed by atoms with Crippen molar-refractivity contribution in [1.82, 2.24) is 23.9 Å². The number of carbonyl (C=O) groups excluding carboxylic acids is 1. The van der Waals surface area contributed by atoms with E-state index >= 15 is 0 Å². The fourth-order valence-corrected chi connectivity index (χ4v) is 4.61. The third-order valence-electron chi connectivity index (χ3n) is 5.92. The Morgan fingerprint density at radius 1 is 1.21 bits per heavy atom. The Hall–Kier alpha value is -3.99. The summed E-state index contributed by atoms with van der Waals surface area (Å²) < 4.78 is 5.47. The molecule has 0 radical (unpaired) electrons. The van der Waals surface area contributed by atoms with Crippen LogP contribution in [0.3, 0.4) is 0 Å². The lowest BCUT2D eigenvalue weighted by atomic mass is 9.92. The summed E-state index contributed by atoms with van der Waals surface area (Å²) in [7, 11) is 0. The smallest absolute Gasteiger partial charge is 0.341 e. The standard InChI is InChI=1S/C23H20N6O4S/c1-12-3-4-24-15(5-12)7-17(30)14-8-28(9-14)18-6-13(2)19-20(31)16(22(32)33)10-29(21(19)27-18)23-25-11-26-34-23/h3-6,10-11,14H,7-9H2,1-2H3,(H,32,33). The highest BCUT2D eigenvalue weighted by Crippen LogP contribution is 2.29. The molecule has 11 heteroatoms. The van der Waals surface area contributed by atoms with Gasteiger partial charge in [0.1, 0.15) is 23.5 Å². The predicted molar refractivity (Wildman–Crippen MR) is 126 cm³/mol. The maximum absolute atomic E-state index is 12.9. The summed E-state index contributed by atoms with van der Waals surface area (Å²) in [6.45, 7) is 4.74. The van der Waals surface area contributed by atoms with Gasteiger partial charge in [0.25, 0.3) is 0 Å². The second-order valence-corrected chi connectivity index (χ2v) is 9.09. The van der Waals surface area contributed by atoms with E-state index in [1.54, 1.807) is 19.2 Å². The van der Waals surface area contributed by atoms with Crippen molar-refractivity contribution in [3.05, 3.63) is 69.5 Å². The molecule has 1 aliphatic rings. The highest BCUT2D eigenvalue weighted by Gasteiger charge is 2.34. The number of carboxylic acid groups (broad SMARTS) is 1. The van der Waals surface area contributed by atoms with Crippen LogP contribution >= 0.6 is 11.5 Å². The number of hydrogen-bond acceptors (Lipinski definition) is 9. The zero-order valence-corrected chi connectivity index (χ0v) is 19.2. The van der Waals surface area contributed by atoms with Gasteiger partial charge in [0.2, 0.25) is 10.6 Å². The lowest BCUT2D eigenvalue weighted by molar-refractivity contribution is -0.123. The number of anilines is 1. The fourth-order valence-electron chi connectivity index (χ4n) is 4.10. The summed E-state index contributed by atoms with van der Waals surface area (Å²) in [6, 6.07) is 5.57. The van der Waals surface area contributed by atoms with Gasteiger partial charge in [-0.25, -0.2) is 14.8 Å². The van der Waals surface area contributed by atoms with E-state index in [2.05, 4.69) is 19.3 Å². The Balaban J connectivity index is 1.46. The summed E-state index contributed by atoms with van der Waals surface area (Å²) in [5.74, 6) is -0.701. The van der Waals surface area contributed by atoms with Gasteiger partial charge in [-0.15, -0.1) is 0 Å². The number of hydrogen-bond donors (Lipinski definition) is 1. The molecule has 0 bridgehead atoms. The van der Waals surface area contributed by atoms with Gasteiger partial charge in [-0.05, 0) is 43.2 Å². The molecule has 4 aromatic heterocycles. The highest BCUT2D eigenvalue weighted by atomic mass is 32.1. The van der Waals surface area contributed by atoms with Crippen molar-refractivity contribution in [1.29, 1.82) is 0 Å². The van der Waals surface area contributed by atoms with E-state index in [4.69, 9.17) is 0 Å². The minimum Gasteiger partial charge on any atom is -0.477 e. The van der Waals surface area contributed by atoms with E-state index in [0.717, 1.165) is 22.8 Å². The van der Waals surface area contributed by atoms with Gasteiger partial charge in [-0.3, -0.25) is 19.1 Å². The third kappa shape index (κ3) is 3.83. The topological polar surface area (TPSA) is 131 Å². The van der Waals surface area contributed by atoms with Gasteiger partial charge < -0.3 is 10.0 Å². The number of aryl methyl sites for hydroxylation is 2. The van der Waals surface area contributed by atoms with Crippen LogP contribution in [0, 0.1) is 19.8 Å². The maximum atomic E-state index is 12.9. The van der Waals surface area contributed by atoms with Gasteiger partial charge >= 0.3 is 5.97 Å². The van der Waals surface area contributed by atoms with Crippen LogP contribution < -0.4 is 10.3 Å². The van der Waals surface area contributed by atoms with Crippen LogP contribution in [0.5, 0.6) is 0 Å². The van der Waals surface area contributed by atoms with Crippen molar-refractivity contribution in [2.24, 2.45) is 5.92 Å². The van der Waals surface area contributed by atoms with E-state index in [-0.39, 0.29) is 22.7 Å². The molecule has 1 saturated heterocycles. The monoisotopic (exact) mass is 476 g/mol. The van der Waals surface area contributed by atoms with Crippen LogP contribution in [0.2, 0.25) is 0 Å². The maximum Gasteiger partial charge on any atom is 0.341 e. The minimum absolute atomic E-state index is 0.125. The van der Waals surface area contributed by atoms with E-state index < -0.39 is 11.4 Å². The van der Waals surface area contributed by atoms with Gasteiger partial charge in [0.05, 0.1) is 11.3 Å². The lowest BCUT2D eigenvalue weighted by Gasteiger charge is -2.39. The molecule has 5 heterocycles. The number of ketones is 1. The largest absolute Gasteiger partial charge is 0.477 e. The van der Waals surface area contributed by atoms with Crippen LogP contribution in [0.1, 0.15) is 27.2 Å². The van der Waals surface area contributed by atoms with E-state index in [1.807, 2.05) is 24.0 Å². The minimum atomic E-state index is -1.32. The van der Waals surface area contributed by atoms with Crippen molar-refractivity contribution in [3.63, 3.8) is 0 Å². The van der Waals surface area contributed by atoms with Crippen LogP contribution in [-0.2, 0) is 11.2 Å². The summed E-state index contributed by atoms with van der Waals surface area (Å²) in [5.41, 5.74) is 1.78. The molecule has 1 aliphatic heterocycles. The number of carboxylic acids is 1. The molecule has 5 rings (SSSR count). The lowest BCUT2D eigenvalue weighted by Crippen LogP contribution is -2.51. The molecule has 0 unspecified atom stereocenters. The molecule has 0 amide bonds. The molecular weight excluding hydrogens is 456 g/mol. The summed E-state index contributed by atoms with van der Waals surface area (Å²) in [6.07, 6.45) is 4.59. The van der Waals surface area contributed by atoms with Gasteiger partial charge in [-0.2, -0.15) is 4.37 Å². The molecule has 1 N–H and O–H groups in total. The van der Waals surface area contributed by atoms with Crippen molar-refractivity contribution >= 4 is 40.1 Å². The number of rotatable bonds is 6. The summed E-state index contributed by atoms with van der Waals surface area (Å²) in [5, 5.41) is 10.1. The third-order valence-corrected chi connectivity index (χ3v) is 6.58. The number of carbonyl (C=O) groups is 2. The molecule has 1 fully saturated rings. The number of aromatic carboxylic acids is 1. The van der Waals surface area contributed by atoms with Crippen molar-refractivity contribution in [3.8, 4) is 5.13 Å². The van der Waals surface area contributed by atoms with Crippen LogP contribution in [0.4, 0.5) is 5.82 Å². The summed E-state index contributed by atoms with van der Waals surface area (Å²) in [4.78, 5) is 52.3. The number of Topliss-reactive ketones (excluding diaryl/α,β-unsaturated/α-hetero) is 1. The Morgan fingerprint density at radius 3 is 2.68 bits per heavy atom. The molecule has 0 spiro atoms. The van der Waals surface area contributed by atoms with Crippen molar-refractivity contribution < 1.29 is 14.7 Å². The van der Waals surface area contributed by atoms with E-state index in [0.29, 0.717) is 41.7 Å². The summed E-state index contributed by atoms with van der Waals surface area (Å²) >= 11 is 1.07. The molecule has 4 aromatic rings. The number of fused-ring (bicyclic) bond motifs is 1. The molecule has 34 heavy (non-hydrogen) atoms. The van der Waals surface area contributed by atoms with Crippen molar-refractivity contribution in [2.75, 3.05) is 18.0 Å². The molecule has 172 valence electrons. The Morgan fingerprint density at radius 2 is 2.00 bits per heavy atom. The molecule has 0 aliphatic carbocycles. The fraction of sp³-hybridized carbons (Fsp3) is 0.261. The second-order valence-electron chi connectivity index (χ2n) is 8.34. The number of aromatic nitrogens is 5. The first-order valence-electron chi connectivity index (χ1n) is 10.6. The number of nitrogens with zero attached hydrogens (tertiary/aromatic N) is 6. The molecule has 10 nitrogen and oxygen atoms in total. The van der Waals surface area contributed by atoms with Crippen molar-refractivity contribution in [2.45, 2.75) is 20.3 Å². The Kier molecular flexibility index (Phi) is 5.40. The molecule has 0 atom stereocenters. The Bertz CT molecular complexity index is 1490. The normalized spacial score (nSPS) is 13.8. The molecule has 0 aromatic carbocycles. The van der Waals surface area contributed by atoms with E-state index in [9.17, 15) is 19.5 Å². The van der Waals surface area contributed by atoms with Crippen LogP contribution in [0.25, 0.3) is 16.2 Å².